The largest absolute Gasteiger partial charge is 0.433 e. The molecule has 2 aromatic heterocycles. The summed E-state index contributed by atoms with van der Waals surface area (Å²) in [7, 11) is 0. The number of carbonyl (C=O) groups excluding carboxylic acids is 1. The lowest BCUT2D eigenvalue weighted by Gasteiger charge is -2.16. The highest BCUT2D eigenvalue weighted by atomic mass is 32.2. The molecule has 0 unspecified atom stereocenters. The number of amides is 1. The van der Waals surface area contributed by atoms with Gasteiger partial charge < -0.3 is 9.88 Å². The van der Waals surface area contributed by atoms with Gasteiger partial charge in [0.2, 0.25) is 0 Å². The molecule has 2 aromatic rings. The van der Waals surface area contributed by atoms with Crippen LogP contribution in [0.15, 0.2) is 23.5 Å². The number of alkyl halides is 3. The molecule has 0 bridgehead atoms. The van der Waals surface area contributed by atoms with Gasteiger partial charge in [0.1, 0.15) is 11.5 Å². The van der Waals surface area contributed by atoms with Crippen LogP contribution >= 0.6 is 11.8 Å². The van der Waals surface area contributed by atoms with Crippen LogP contribution in [0.3, 0.4) is 0 Å². The Kier molecular flexibility index (Phi) is 6.58. The van der Waals surface area contributed by atoms with Crippen LogP contribution in [0.1, 0.15) is 60.0 Å². The van der Waals surface area contributed by atoms with Crippen LogP contribution in [0.25, 0.3) is 0 Å². The number of aromatic nitrogens is 4. The maximum Gasteiger partial charge on any atom is 0.433 e. The first-order valence-electron chi connectivity index (χ1n) is 9.19. The van der Waals surface area contributed by atoms with Crippen LogP contribution in [-0.4, -0.2) is 38.5 Å². The Balaban J connectivity index is 1.52. The van der Waals surface area contributed by atoms with Crippen molar-refractivity contribution >= 4 is 17.7 Å². The summed E-state index contributed by atoms with van der Waals surface area (Å²) in [5.41, 5.74) is -0.910. The molecule has 0 atom stereocenters. The molecule has 0 radical (unpaired) electrons. The molecule has 28 heavy (non-hydrogen) atoms. The molecule has 2 heterocycles. The number of hydrogen-bond acceptors (Lipinski definition) is 5. The van der Waals surface area contributed by atoms with Gasteiger partial charge in [-0.2, -0.15) is 13.2 Å². The number of hydrogen-bond donors (Lipinski definition) is 1. The summed E-state index contributed by atoms with van der Waals surface area (Å²) < 4.78 is 39.8. The second kappa shape index (κ2) is 8.93. The SMILES string of the molecule is CSc1nnc(CCCNC(=O)c2ccc(C(F)(F)F)nc2)n1C1CCCC1. The number of pyridine rings is 1. The molecular weight excluding hydrogens is 391 g/mol. The van der Waals surface area contributed by atoms with Crippen LogP contribution in [0.5, 0.6) is 0 Å². The summed E-state index contributed by atoms with van der Waals surface area (Å²) in [5.74, 6) is 0.477. The molecule has 10 heteroatoms. The summed E-state index contributed by atoms with van der Waals surface area (Å²) in [6.45, 7) is 0.395. The molecular formula is C18H22F3N5OS. The molecule has 1 N–H and O–H groups in total. The minimum absolute atomic E-state index is 0.104. The zero-order valence-corrected chi connectivity index (χ0v) is 16.3. The zero-order chi connectivity index (χ0) is 20.1. The molecule has 1 fully saturated rings. The van der Waals surface area contributed by atoms with Crippen molar-refractivity contribution in [2.75, 3.05) is 12.8 Å². The third-order valence-corrected chi connectivity index (χ3v) is 5.43. The summed E-state index contributed by atoms with van der Waals surface area (Å²) in [5, 5.41) is 12.2. The van der Waals surface area contributed by atoms with Crippen molar-refractivity contribution in [2.24, 2.45) is 0 Å². The van der Waals surface area contributed by atoms with Crippen LogP contribution in [0, 0.1) is 0 Å². The number of carbonyl (C=O) groups is 1. The Bertz CT molecular complexity index is 801. The molecule has 0 saturated heterocycles. The average Bonchev–Trinajstić information content (AvgIpc) is 3.33. The van der Waals surface area contributed by atoms with Crippen molar-refractivity contribution < 1.29 is 18.0 Å². The first-order valence-corrected chi connectivity index (χ1v) is 10.4. The lowest BCUT2D eigenvalue weighted by atomic mass is 10.2. The fourth-order valence-electron chi connectivity index (χ4n) is 3.39. The number of nitrogens with zero attached hydrogens (tertiary/aromatic N) is 4. The van der Waals surface area contributed by atoms with Gasteiger partial charge in [-0.15, -0.1) is 10.2 Å². The smallest absolute Gasteiger partial charge is 0.352 e. The molecule has 1 aliphatic carbocycles. The van der Waals surface area contributed by atoms with Crippen molar-refractivity contribution in [3.05, 3.63) is 35.4 Å². The molecule has 6 nitrogen and oxygen atoms in total. The molecule has 152 valence electrons. The third-order valence-electron chi connectivity index (χ3n) is 4.79. The third kappa shape index (κ3) is 4.84. The van der Waals surface area contributed by atoms with E-state index >= 15 is 0 Å². The lowest BCUT2D eigenvalue weighted by molar-refractivity contribution is -0.141. The Morgan fingerprint density at radius 2 is 2.04 bits per heavy atom. The topological polar surface area (TPSA) is 72.7 Å². The molecule has 0 aliphatic heterocycles. The number of nitrogens with one attached hydrogen (secondary N) is 1. The van der Waals surface area contributed by atoms with Gasteiger partial charge >= 0.3 is 6.18 Å². The number of thioether (sulfide) groups is 1. The highest BCUT2D eigenvalue weighted by Crippen LogP contribution is 2.33. The van der Waals surface area contributed by atoms with E-state index < -0.39 is 17.8 Å². The van der Waals surface area contributed by atoms with Gasteiger partial charge in [-0.3, -0.25) is 9.78 Å². The van der Waals surface area contributed by atoms with E-state index in [9.17, 15) is 18.0 Å². The quantitative estimate of drug-likeness (QED) is 0.551. The highest BCUT2D eigenvalue weighted by molar-refractivity contribution is 7.98. The van der Waals surface area contributed by atoms with Gasteiger partial charge in [-0.25, -0.2) is 0 Å². The number of aryl methyl sites for hydroxylation is 1. The van der Waals surface area contributed by atoms with Crippen molar-refractivity contribution in [2.45, 2.75) is 55.9 Å². The number of halogens is 3. The predicted molar refractivity (Wildman–Crippen MR) is 99.2 cm³/mol. The van der Waals surface area contributed by atoms with Gasteiger partial charge in [-0.1, -0.05) is 24.6 Å². The van der Waals surface area contributed by atoms with E-state index in [0.29, 0.717) is 25.4 Å². The first-order chi connectivity index (χ1) is 13.4. The summed E-state index contributed by atoms with van der Waals surface area (Å²) in [6, 6.07) is 2.38. The maximum atomic E-state index is 12.5. The van der Waals surface area contributed by atoms with Crippen molar-refractivity contribution in [3.8, 4) is 0 Å². The van der Waals surface area contributed by atoms with Crippen LogP contribution in [0.2, 0.25) is 0 Å². The zero-order valence-electron chi connectivity index (χ0n) is 15.5. The van der Waals surface area contributed by atoms with Gasteiger partial charge in [0.15, 0.2) is 5.16 Å². The van der Waals surface area contributed by atoms with Crippen molar-refractivity contribution in [1.29, 1.82) is 0 Å². The van der Waals surface area contributed by atoms with Crippen LogP contribution < -0.4 is 5.32 Å². The minimum Gasteiger partial charge on any atom is -0.352 e. The lowest BCUT2D eigenvalue weighted by Crippen LogP contribution is -2.25. The molecule has 1 amide bonds. The summed E-state index contributed by atoms with van der Waals surface area (Å²) in [4.78, 5) is 15.4. The van der Waals surface area contributed by atoms with Gasteiger partial charge in [0.25, 0.3) is 5.91 Å². The van der Waals surface area contributed by atoms with E-state index in [4.69, 9.17) is 0 Å². The van der Waals surface area contributed by atoms with Crippen LogP contribution in [-0.2, 0) is 12.6 Å². The highest BCUT2D eigenvalue weighted by Gasteiger charge is 2.32. The van der Waals surface area contributed by atoms with E-state index in [-0.39, 0.29) is 5.56 Å². The Hall–Kier alpha value is -2.10. The average molecular weight is 413 g/mol. The number of rotatable bonds is 7. The van der Waals surface area contributed by atoms with Crippen molar-refractivity contribution in [1.82, 2.24) is 25.1 Å². The Morgan fingerprint density at radius 1 is 1.29 bits per heavy atom. The van der Waals surface area contributed by atoms with Crippen LogP contribution in [0.4, 0.5) is 13.2 Å². The van der Waals surface area contributed by atoms with E-state index in [1.54, 1.807) is 11.8 Å². The summed E-state index contributed by atoms with van der Waals surface area (Å²) >= 11 is 1.58. The van der Waals surface area contributed by atoms with Gasteiger partial charge in [0, 0.05) is 25.2 Å². The fraction of sp³-hybridized carbons (Fsp3) is 0.556. The Morgan fingerprint density at radius 3 is 2.64 bits per heavy atom. The summed E-state index contributed by atoms with van der Waals surface area (Å²) in [6.07, 6.45) is 4.46. The monoisotopic (exact) mass is 413 g/mol. The second-order valence-corrected chi connectivity index (χ2v) is 7.47. The maximum absolute atomic E-state index is 12.5. The van der Waals surface area contributed by atoms with Gasteiger partial charge in [0.05, 0.1) is 5.56 Å². The minimum atomic E-state index is -4.51. The molecule has 1 saturated carbocycles. The van der Waals surface area contributed by atoms with E-state index in [2.05, 4.69) is 25.1 Å². The standard InChI is InChI=1S/C18H22F3N5OS/c1-28-17-25-24-15(26(17)13-5-2-3-6-13)7-4-10-22-16(27)12-8-9-14(23-11-12)18(19,20)21/h8-9,11,13H,2-7,10H2,1H3,(H,22,27). The van der Waals surface area contributed by atoms with E-state index in [1.165, 1.54) is 12.8 Å². The molecule has 1 aliphatic rings. The fourth-order valence-corrected chi connectivity index (χ4v) is 3.97. The predicted octanol–water partition coefficient (Wildman–Crippen LogP) is 3.89. The van der Waals surface area contributed by atoms with Crippen molar-refractivity contribution in [3.63, 3.8) is 0 Å². The van der Waals surface area contributed by atoms with E-state index in [1.807, 2.05) is 6.26 Å². The molecule has 0 spiro atoms. The normalized spacial score (nSPS) is 15.1. The molecule has 3 rings (SSSR count). The first kappa shape index (κ1) is 20.6. The second-order valence-electron chi connectivity index (χ2n) is 6.70. The van der Waals surface area contributed by atoms with Gasteiger partial charge in [-0.05, 0) is 37.7 Å². The van der Waals surface area contributed by atoms with E-state index in [0.717, 1.165) is 42.2 Å². The Labute approximate surface area is 165 Å². The molecule has 0 aromatic carbocycles.